The Labute approximate surface area is 75.0 Å². The third-order valence-electron chi connectivity index (χ3n) is 0.984. The molecular weight excluding hydrogens is 280 g/mol. The van der Waals surface area contributed by atoms with Gasteiger partial charge in [-0.15, -0.1) is 0 Å². The molecule has 0 fully saturated rings. The summed E-state index contributed by atoms with van der Waals surface area (Å²) in [4.78, 5) is -5.24. The van der Waals surface area contributed by atoms with Gasteiger partial charge in [-0.05, 0) is 15.9 Å². The van der Waals surface area contributed by atoms with Crippen molar-refractivity contribution in [3.63, 3.8) is 0 Å². The molecule has 13 heavy (non-hydrogen) atoms. The first-order valence-electron chi connectivity index (χ1n) is 2.56. The van der Waals surface area contributed by atoms with Crippen LogP contribution in [0.2, 0.25) is 0 Å². The maximum Gasteiger partial charge on any atom is 0.425 e. The van der Waals surface area contributed by atoms with Gasteiger partial charge in [0.2, 0.25) is 0 Å². The summed E-state index contributed by atoms with van der Waals surface area (Å²) in [7, 11) is 0. The van der Waals surface area contributed by atoms with E-state index < -0.39 is 23.1 Å². The predicted molar refractivity (Wildman–Crippen MR) is 29.8 cm³/mol. The average molecular weight is 281 g/mol. The minimum Gasteiger partial charge on any atom is -0.230 e. The van der Waals surface area contributed by atoms with Gasteiger partial charge in [0.25, 0.3) is 6.17 Å². The van der Waals surface area contributed by atoms with E-state index in [2.05, 4.69) is 0 Å². The first-order chi connectivity index (χ1) is 5.40. The van der Waals surface area contributed by atoms with Crippen molar-refractivity contribution in [3.05, 3.63) is 0 Å². The second-order valence-corrected chi connectivity index (χ2v) is 3.02. The van der Waals surface area contributed by atoms with Crippen LogP contribution in [0.15, 0.2) is 0 Å². The Bertz CT molecular complexity index is 178. The van der Waals surface area contributed by atoms with Crippen LogP contribution >= 0.6 is 15.9 Å². The van der Waals surface area contributed by atoms with Crippen LogP contribution < -0.4 is 0 Å². The monoisotopic (exact) mass is 280 g/mol. The summed E-state index contributed by atoms with van der Waals surface area (Å²) in [5, 5.41) is 0. The quantitative estimate of drug-likeness (QED) is 0.536. The molecule has 1 atom stereocenters. The lowest BCUT2D eigenvalue weighted by Gasteiger charge is -2.25. The number of hydrogen-bond acceptors (Lipinski definition) is 0. The third-order valence-corrected chi connectivity index (χ3v) is 1.51. The van der Waals surface area contributed by atoms with Gasteiger partial charge in [0.05, 0.1) is 0 Å². The zero-order chi connectivity index (χ0) is 11.1. The van der Waals surface area contributed by atoms with Crippen molar-refractivity contribution in [2.24, 2.45) is 0 Å². The number of rotatable bonds is 2. The van der Waals surface area contributed by atoms with Crippen LogP contribution in [0.5, 0.6) is 0 Å². The van der Waals surface area contributed by atoms with Crippen molar-refractivity contribution in [3.8, 4) is 0 Å². The SMILES string of the molecule is FC(C(F)(F)F)C(F)(F)C(F)(F)Br. The molecule has 0 heterocycles. The van der Waals surface area contributed by atoms with Crippen molar-refractivity contribution in [2.45, 2.75) is 23.1 Å². The van der Waals surface area contributed by atoms with Crippen molar-refractivity contribution in [2.75, 3.05) is 0 Å². The minimum absolute atomic E-state index is 0.970. The molecule has 0 N–H and O–H groups in total. The van der Waals surface area contributed by atoms with Crippen LogP contribution in [0.3, 0.4) is 0 Å². The van der Waals surface area contributed by atoms with Gasteiger partial charge in [0, 0.05) is 0 Å². The first kappa shape index (κ1) is 12.9. The topological polar surface area (TPSA) is 0 Å². The fourth-order valence-corrected chi connectivity index (χ4v) is 0.550. The summed E-state index contributed by atoms with van der Waals surface area (Å²) in [6.45, 7) is 0. The van der Waals surface area contributed by atoms with E-state index in [1.807, 2.05) is 0 Å². The van der Waals surface area contributed by atoms with Gasteiger partial charge in [-0.1, -0.05) is 0 Å². The Morgan fingerprint density at radius 2 is 1.15 bits per heavy atom. The van der Waals surface area contributed by atoms with Gasteiger partial charge < -0.3 is 0 Å². The molecule has 0 spiro atoms. The molecular formula is C4HBrF8. The molecule has 0 aromatic rings. The van der Waals surface area contributed by atoms with E-state index >= 15 is 0 Å². The van der Waals surface area contributed by atoms with Crippen molar-refractivity contribution in [1.29, 1.82) is 0 Å². The Morgan fingerprint density at radius 1 is 0.846 bits per heavy atom. The van der Waals surface area contributed by atoms with Gasteiger partial charge in [-0.25, -0.2) is 4.39 Å². The molecule has 1 unspecified atom stereocenters. The van der Waals surface area contributed by atoms with Crippen molar-refractivity contribution in [1.82, 2.24) is 0 Å². The summed E-state index contributed by atoms with van der Waals surface area (Å²) in [6, 6.07) is 0. The summed E-state index contributed by atoms with van der Waals surface area (Å²) in [5.41, 5.74) is 0. The molecule has 0 nitrogen and oxygen atoms in total. The smallest absolute Gasteiger partial charge is 0.230 e. The predicted octanol–water partition coefficient (Wildman–Crippen LogP) is 3.51. The Balaban J connectivity index is 4.86. The number of halogens is 9. The van der Waals surface area contributed by atoms with Crippen molar-refractivity contribution < 1.29 is 35.1 Å². The summed E-state index contributed by atoms with van der Waals surface area (Å²) >= 11 is 0.970. The van der Waals surface area contributed by atoms with Gasteiger partial charge in [0.15, 0.2) is 0 Å². The van der Waals surface area contributed by atoms with Crippen LogP contribution in [0.4, 0.5) is 35.1 Å². The third kappa shape index (κ3) is 2.68. The molecule has 80 valence electrons. The maximum absolute atomic E-state index is 11.9. The molecule has 0 saturated heterocycles. The normalized spacial score (nSPS) is 17.3. The molecule has 0 saturated carbocycles. The molecule has 0 aliphatic rings. The molecule has 0 bridgehead atoms. The maximum atomic E-state index is 11.9. The summed E-state index contributed by atoms with van der Waals surface area (Å²) in [5.74, 6) is -5.83. The highest BCUT2D eigenvalue weighted by Crippen LogP contribution is 2.47. The van der Waals surface area contributed by atoms with Gasteiger partial charge in [0.1, 0.15) is 0 Å². The first-order valence-corrected chi connectivity index (χ1v) is 3.35. The highest BCUT2D eigenvalue weighted by Gasteiger charge is 2.68. The molecule has 0 aromatic heterocycles. The highest BCUT2D eigenvalue weighted by atomic mass is 79.9. The van der Waals surface area contributed by atoms with Crippen molar-refractivity contribution >= 4 is 15.9 Å². The van der Waals surface area contributed by atoms with Gasteiger partial charge in [-0.3, -0.25) is 0 Å². The van der Waals surface area contributed by atoms with E-state index in [0.717, 1.165) is 15.9 Å². The van der Waals surface area contributed by atoms with Gasteiger partial charge >= 0.3 is 16.9 Å². The van der Waals surface area contributed by atoms with Crippen LogP contribution in [0.1, 0.15) is 0 Å². The molecule has 0 rings (SSSR count). The Morgan fingerprint density at radius 3 is 1.23 bits per heavy atom. The van der Waals surface area contributed by atoms with E-state index in [0.29, 0.717) is 0 Å². The van der Waals surface area contributed by atoms with Crippen LogP contribution in [0.25, 0.3) is 0 Å². The minimum atomic E-state index is -6.03. The lowest BCUT2D eigenvalue weighted by atomic mass is 10.2. The second-order valence-electron chi connectivity index (χ2n) is 2.02. The Hall–Kier alpha value is -0.0800. The molecule has 0 amide bonds. The van der Waals surface area contributed by atoms with E-state index in [1.54, 1.807) is 0 Å². The average Bonchev–Trinajstić information content (AvgIpc) is 1.81. The zero-order valence-corrected chi connectivity index (χ0v) is 7.07. The van der Waals surface area contributed by atoms with Crippen LogP contribution in [0, 0.1) is 0 Å². The highest BCUT2D eigenvalue weighted by molar-refractivity contribution is 9.10. The summed E-state index contributed by atoms with van der Waals surface area (Å²) < 4.78 is 92.9. The largest absolute Gasteiger partial charge is 0.425 e. The van der Waals surface area contributed by atoms with E-state index in [-0.39, 0.29) is 0 Å². The van der Waals surface area contributed by atoms with E-state index in [1.165, 1.54) is 0 Å². The molecule has 0 radical (unpaired) electrons. The lowest BCUT2D eigenvalue weighted by molar-refractivity contribution is -0.280. The summed E-state index contributed by atoms with van der Waals surface area (Å²) in [6.07, 6.45) is -10.9. The molecule has 9 heteroatoms. The molecule has 0 aliphatic carbocycles. The fourth-order valence-electron chi connectivity index (χ4n) is 0.349. The molecule has 0 aliphatic heterocycles. The van der Waals surface area contributed by atoms with E-state index in [4.69, 9.17) is 0 Å². The fraction of sp³-hybridized carbons (Fsp3) is 1.00. The van der Waals surface area contributed by atoms with E-state index in [9.17, 15) is 35.1 Å². The Kier molecular flexibility index (Phi) is 3.23. The molecule has 0 aromatic carbocycles. The lowest BCUT2D eigenvalue weighted by Crippen LogP contribution is -2.50. The second kappa shape index (κ2) is 3.25. The zero-order valence-electron chi connectivity index (χ0n) is 5.48. The number of hydrogen-bond donors (Lipinski definition) is 0. The van der Waals surface area contributed by atoms with Crippen LogP contribution in [-0.2, 0) is 0 Å². The van der Waals surface area contributed by atoms with Crippen LogP contribution in [-0.4, -0.2) is 23.1 Å². The van der Waals surface area contributed by atoms with Gasteiger partial charge in [-0.2, -0.15) is 30.7 Å². The standard InChI is InChI=1S/C4HBrF8/c5-4(12,13)2(7,8)1(6)3(9,10)11/h1H. The number of alkyl halides is 9.